The molecule has 2 aromatic heterocycles. The standard InChI is InChI=1S/C67H46N2.C57H42N2/c1-4-18-51(19-5-1)57-24-11-15-29-64(57)68(56-44-45-59-58-25-10-14-28-62(58)67(63(59)46-56,52-20-6-2-7-21-52)53-22-8-3-9-23-53)54-40-36-49(37-41-54)47-32-34-48(35-33-47)50-38-42-55(43-39-50)69-65-30-16-12-26-60(65)61-27-13-17-31-66(61)69;1-57(2)52-20-10-6-17-48(52)49-37-36-46(38-53(49)57)58(54-21-11-7-16-47(54)43-14-4-3-5-15-43)44-32-28-41(29-33-44)39-24-26-40(27-25-39)42-30-34-45(35-31-42)59-55-22-12-8-18-50(55)51-19-9-13-23-56(51)59/h1-46H;3-38H,1-2H3. The van der Waals surface area contributed by atoms with E-state index in [0.717, 1.165) is 45.5 Å². The molecule has 0 bridgehead atoms. The van der Waals surface area contributed by atoms with Gasteiger partial charge in [-0.25, -0.2) is 0 Å². The summed E-state index contributed by atoms with van der Waals surface area (Å²) in [6.45, 7) is 4.71. The molecule has 0 saturated carbocycles. The van der Waals surface area contributed by atoms with E-state index in [-0.39, 0.29) is 5.41 Å². The van der Waals surface area contributed by atoms with Crippen molar-refractivity contribution < 1.29 is 0 Å². The maximum Gasteiger partial charge on any atom is 0.0714 e. The summed E-state index contributed by atoms with van der Waals surface area (Å²) in [6.07, 6.45) is 0. The summed E-state index contributed by atoms with van der Waals surface area (Å²) >= 11 is 0. The van der Waals surface area contributed by atoms with Gasteiger partial charge in [-0.3, -0.25) is 0 Å². The van der Waals surface area contributed by atoms with Crippen molar-refractivity contribution in [1.82, 2.24) is 9.13 Å². The highest BCUT2D eigenvalue weighted by molar-refractivity contribution is 6.11. The van der Waals surface area contributed by atoms with Gasteiger partial charge in [0.1, 0.15) is 0 Å². The second kappa shape index (κ2) is 32.0. The molecule has 128 heavy (non-hydrogen) atoms. The minimum atomic E-state index is -0.514. The molecule has 22 aromatic rings. The number of para-hydroxylation sites is 6. The van der Waals surface area contributed by atoms with Gasteiger partial charge < -0.3 is 18.9 Å². The third kappa shape index (κ3) is 13.1. The highest BCUT2D eigenvalue weighted by Gasteiger charge is 2.47. The van der Waals surface area contributed by atoms with Gasteiger partial charge in [0.25, 0.3) is 0 Å². The van der Waals surface area contributed by atoms with Gasteiger partial charge in [-0.15, -0.1) is 0 Å². The van der Waals surface area contributed by atoms with Crippen LogP contribution in [0.1, 0.15) is 47.2 Å². The molecule has 0 unspecified atom stereocenters. The average Bonchev–Trinajstić information content (AvgIpc) is 1.53. The Balaban J connectivity index is 0.000000148. The molecule has 4 heteroatoms. The van der Waals surface area contributed by atoms with E-state index in [1.165, 1.54) is 166 Å². The molecule has 4 nitrogen and oxygen atoms in total. The normalized spacial score (nSPS) is 12.6. The maximum absolute atomic E-state index is 2.46. The zero-order valence-corrected chi connectivity index (χ0v) is 71.1. The number of benzene rings is 20. The van der Waals surface area contributed by atoms with Crippen LogP contribution in [0.4, 0.5) is 34.1 Å². The Morgan fingerprint density at radius 3 is 0.812 bits per heavy atom. The molecule has 604 valence electrons. The van der Waals surface area contributed by atoms with E-state index in [4.69, 9.17) is 0 Å². The summed E-state index contributed by atoms with van der Waals surface area (Å²) in [7, 11) is 0. The molecule has 0 saturated heterocycles. The molecular weight excluding hydrogens is 1550 g/mol. The van der Waals surface area contributed by atoms with Crippen LogP contribution < -0.4 is 9.80 Å². The Labute approximate surface area is 747 Å². The highest BCUT2D eigenvalue weighted by atomic mass is 15.2. The van der Waals surface area contributed by atoms with Crippen molar-refractivity contribution >= 4 is 77.7 Å². The number of fused-ring (bicyclic) bond motifs is 12. The van der Waals surface area contributed by atoms with Crippen LogP contribution in [0.25, 0.3) is 144 Å². The highest BCUT2D eigenvalue weighted by Crippen LogP contribution is 2.59. The van der Waals surface area contributed by atoms with E-state index in [2.05, 4.69) is 530 Å². The number of hydrogen-bond acceptors (Lipinski definition) is 2. The second-order valence-corrected chi connectivity index (χ2v) is 34.2. The Hall–Kier alpha value is -16.4. The summed E-state index contributed by atoms with van der Waals surface area (Å²) in [5, 5.41) is 5.10. The predicted octanol–water partition coefficient (Wildman–Crippen LogP) is 33.2. The quantitative estimate of drug-likeness (QED) is 0.0959. The van der Waals surface area contributed by atoms with E-state index in [1.807, 2.05) is 0 Å². The average molecular weight is 1630 g/mol. The number of rotatable bonds is 16. The fraction of sp³-hybridized carbons (Fsp3) is 0.0323. The zero-order valence-electron chi connectivity index (χ0n) is 71.1. The van der Waals surface area contributed by atoms with Gasteiger partial charge >= 0.3 is 0 Å². The molecule has 2 aliphatic carbocycles. The maximum atomic E-state index is 2.46. The van der Waals surface area contributed by atoms with Gasteiger partial charge in [0.05, 0.1) is 38.9 Å². The second-order valence-electron chi connectivity index (χ2n) is 34.2. The van der Waals surface area contributed by atoms with Crippen molar-refractivity contribution in [3.05, 3.63) is 531 Å². The molecule has 0 atom stereocenters. The molecule has 2 heterocycles. The molecule has 0 aliphatic heterocycles. The van der Waals surface area contributed by atoms with Crippen molar-refractivity contribution in [1.29, 1.82) is 0 Å². The first-order valence-electron chi connectivity index (χ1n) is 44.3. The van der Waals surface area contributed by atoms with E-state index < -0.39 is 5.41 Å². The molecule has 0 N–H and O–H groups in total. The Bertz CT molecular complexity index is 7740. The topological polar surface area (TPSA) is 16.3 Å². The number of nitrogens with zero attached hydrogens (tertiary/aromatic N) is 4. The lowest BCUT2D eigenvalue weighted by Gasteiger charge is -2.35. The van der Waals surface area contributed by atoms with Gasteiger partial charge in [0.2, 0.25) is 0 Å². The van der Waals surface area contributed by atoms with Gasteiger partial charge in [0, 0.05) is 72.2 Å². The van der Waals surface area contributed by atoms with Gasteiger partial charge in [-0.1, -0.05) is 402 Å². The van der Waals surface area contributed by atoms with E-state index in [0.29, 0.717) is 0 Å². The lowest BCUT2D eigenvalue weighted by atomic mass is 9.67. The lowest BCUT2D eigenvalue weighted by molar-refractivity contribution is 0.660. The number of anilines is 6. The van der Waals surface area contributed by atoms with Gasteiger partial charge in [0.15, 0.2) is 0 Å². The zero-order chi connectivity index (χ0) is 85.2. The summed E-state index contributed by atoms with van der Waals surface area (Å²) in [6, 6.07) is 182. The first-order chi connectivity index (χ1) is 63.3. The first-order valence-corrected chi connectivity index (χ1v) is 44.3. The minimum absolute atomic E-state index is 0.100. The monoisotopic (exact) mass is 1630 g/mol. The summed E-state index contributed by atoms with van der Waals surface area (Å²) < 4.78 is 4.74. The van der Waals surface area contributed by atoms with Gasteiger partial charge in [-0.2, -0.15) is 0 Å². The largest absolute Gasteiger partial charge is 0.310 e. The number of aromatic nitrogens is 2. The van der Waals surface area contributed by atoms with Crippen LogP contribution in [0.3, 0.4) is 0 Å². The lowest BCUT2D eigenvalue weighted by Crippen LogP contribution is -2.28. The molecule has 0 spiro atoms. The van der Waals surface area contributed by atoms with Crippen molar-refractivity contribution in [3.8, 4) is 100 Å². The summed E-state index contributed by atoms with van der Waals surface area (Å²) in [5.74, 6) is 0. The molecular formula is C124H88N4. The van der Waals surface area contributed by atoms with Crippen molar-refractivity contribution in [3.63, 3.8) is 0 Å². The Kier molecular flexibility index (Phi) is 19.2. The molecule has 20 aromatic carbocycles. The predicted molar refractivity (Wildman–Crippen MR) is 538 cm³/mol. The molecule has 2 aliphatic rings. The van der Waals surface area contributed by atoms with Crippen LogP contribution in [-0.4, -0.2) is 9.13 Å². The molecule has 0 radical (unpaired) electrons. The van der Waals surface area contributed by atoms with Crippen LogP contribution in [0.5, 0.6) is 0 Å². The summed E-state index contributed by atoms with van der Waals surface area (Å²) in [4.78, 5) is 4.87. The molecule has 24 rings (SSSR count). The Morgan fingerprint density at radius 1 is 0.180 bits per heavy atom. The van der Waals surface area contributed by atoms with E-state index in [1.54, 1.807) is 0 Å². The SMILES string of the molecule is CC1(C)c2ccccc2-c2ccc(N(c3ccc(-c4ccc(-c5ccc(-n6c7ccccc7c7ccccc76)cc5)cc4)cc3)c3ccccc3-c3ccccc3)cc21.c1ccc(-c2ccccc2N(c2ccc(-c3ccc(-c4ccc(-n5c6ccccc6c6ccccc65)cc4)cc3)cc2)c2ccc3c(c2)C(c2ccccc2)(c2ccccc2)c2ccccc2-3)cc1. The van der Waals surface area contributed by atoms with Crippen molar-refractivity contribution in [2.75, 3.05) is 9.80 Å². The third-order valence-corrected chi connectivity index (χ3v) is 26.8. The third-order valence-electron chi connectivity index (χ3n) is 26.8. The van der Waals surface area contributed by atoms with Crippen LogP contribution in [-0.2, 0) is 10.8 Å². The fourth-order valence-corrected chi connectivity index (χ4v) is 20.6. The van der Waals surface area contributed by atoms with Crippen LogP contribution >= 0.6 is 0 Å². The summed E-state index contributed by atoms with van der Waals surface area (Å²) in [5.41, 5.74) is 40.5. The van der Waals surface area contributed by atoms with Crippen LogP contribution in [0.2, 0.25) is 0 Å². The van der Waals surface area contributed by atoms with E-state index in [9.17, 15) is 0 Å². The van der Waals surface area contributed by atoms with Crippen molar-refractivity contribution in [2.24, 2.45) is 0 Å². The fourth-order valence-electron chi connectivity index (χ4n) is 20.6. The van der Waals surface area contributed by atoms with E-state index >= 15 is 0 Å². The smallest absolute Gasteiger partial charge is 0.0714 e. The van der Waals surface area contributed by atoms with Gasteiger partial charge in [-0.05, 0) is 220 Å². The Morgan fingerprint density at radius 2 is 0.438 bits per heavy atom. The number of hydrogen-bond donors (Lipinski definition) is 0. The van der Waals surface area contributed by atoms with Crippen molar-refractivity contribution in [2.45, 2.75) is 24.7 Å². The first kappa shape index (κ1) is 76.5. The molecule has 0 amide bonds. The van der Waals surface area contributed by atoms with Crippen LogP contribution in [0, 0.1) is 0 Å². The minimum Gasteiger partial charge on any atom is -0.310 e. The molecule has 0 fully saturated rings. The van der Waals surface area contributed by atoms with Crippen LogP contribution in [0.15, 0.2) is 497 Å².